The molecule has 8 nitrogen and oxygen atoms in total. The van der Waals surface area contributed by atoms with E-state index in [1.807, 2.05) is 19.9 Å². The fourth-order valence-corrected chi connectivity index (χ4v) is 4.21. The topological polar surface area (TPSA) is 91.0 Å². The lowest BCUT2D eigenvalue weighted by Gasteiger charge is -2.44. The molecule has 2 aromatic heterocycles. The highest BCUT2D eigenvalue weighted by Gasteiger charge is 2.44. The lowest BCUT2D eigenvalue weighted by Crippen LogP contribution is -2.64. The van der Waals surface area contributed by atoms with Crippen molar-refractivity contribution in [2.45, 2.75) is 46.1 Å². The molecule has 1 aliphatic rings. The average Bonchev–Trinajstić information content (AvgIpc) is 3.20. The summed E-state index contributed by atoms with van der Waals surface area (Å²) in [7, 11) is 0. The fourth-order valence-electron chi connectivity index (χ4n) is 4.21. The molecule has 9 heteroatoms. The first-order chi connectivity index (χ1) is 15.5. The van der Waals surface area contributed by atoms with Crippen LogP contribution in [0.2, 0.25) is 0 Å². The summed E-state index contributed by atoms with van der Waals surface area (Å²) in [4.78, 5) is 33.5. The van der Waals surface area contributed by atoms with Crippen LogP contribution in [0.4, 0.5) is 4.39 Å². The van der Waals surface area contributed by atoms with Crippen LogP contribution in [-0.4, -0.2) is 66.7 Å². The van der Waals surface area contributed by atoms with E-state index in [0.717, 1.165) is 11.1 Å². The number of aliphatic hydroxyl groups excluding tert-OH is 1. The third kappa shape index (κ3) is 3.86. The highest BCUT2D eigenvalue weighted by molar-refractivity contribution is 5.99. The van der Waals surface area contributed by atoms with Gasteiger partial charge < -0.3 is 14.9 Å². The van der Waals surface area contributed by atoms with Gasteiger partial charge in [0.05, 0.1) is 11.9 Å². The minimum atomic E-state index is -1.11. The largest absolute Gasteiger partial charge is 0.376 e. The number of carbonyl (C=O) groups excluding carboxylic acids is 2. The molecule has 0 aliphatic carbocycles. The molecule has 2 amide bonds. The number of fused-ring (bicyclic) bond motifs is 1. The molecule has 0 bridgehead atoms. The lowest BCUT2D eigenvalue weighted by molar-refractivity contribution is -0.150. The molecule has 1 saturated heterocycles. The summed E-state index contributed by atoms with van der Waals surface area (Å²) < 4.78 is 15.3. The van der Waals surface area contributed by atoms with E-state index in [-0.39, 0.29) is 49.1 Å². The Labute approximate surface area is 191 Å². The van der Waals surface area contributed by atoms with E-state index in [0.29, 0.717) is 16.9 Å². The molecule has 1 N–H and O–H groups in total. The third-order valence-electron chi connectivity index (χ3n) is 6.24. The molecule has 0 radical (unpaired) electrons. The Morgan fingerprint density at radius 1 is 1.24 bits per heavy atom. The van der Waals surface area contributed by atoms with Crippen molar-refractivity contribution in [3.8, 4) is 11.3 Å². The van der Waals surface area contributed by atoms with Gasteiger partial charge in [-0.1, -0.05) is 13.8 Å². The van der Waals surface area contributed by atoms with Crippen molar-refractivity contribution in [2.24, 2.45) is 0 Å². The second-order valence-corrected chi connectivity index (χ2v) is 9.22. The number of hydrogen-bond acceptors (Lipinski definition) is 5. The second kappa shape index (κ2) is 8.22. The van der Waals surface area contributed by atoms with E-state index in [1.54, 1.807) is 43.6 Å². The Morgan fingerprint density at radius 3 is 2.61 bits per heavy atom. The molecule has 0 saturated carbocycles. The molecule has 0 atom stereocenters. The number of aliphatic hydroxyl groups is 1. The molecular weight excluding hydrogens is 425 g/mol. The Kier molecular flexibility index (Phi) is 5.69. The van der Waals surface area contributed by atoms with E-state index in [9.17, 15) is 19.1 Å². The number of hydrogen-bond donors (Lipinski definition) is 1. The number of imidazole rings is 1. The summed E-state index contributed by atoms with van der Waals surface area (Å²) >= 11 is 0. The molecule has 1 fully saturated rings. The van der Waals surface area contributed by atoms with Crippen LogP contribution in [0.1, 0.15) is 55.2 Å². The van der Waals surface area contributed by atoms with Gasteiger partial charge in [-0.05, 0) is 56.5 Å². The summed E-state index contributed by atoms with van der Waals surface area (Å²) in [5.74, 6) is -0.862. The third-order valence-corrected chi connectivity index (χ3v) is 6.24. The van der Waals surface area contributed by atoms with Gasteiger partial charge in [-0.3, -0.25) is 9.59 Å². The molecule has 3 heterocycles. The first kappa shape index (κ1) is 22.8. The summed E-state index contributed by atoms with van der Waals surface area (Å²) in [6.07, 6.45) is 1.57. The fraction of sp³-hybridized carbons (Fsp3) is 0.417. The van der Waals surface area contributed by atoms with Gasteiger partial charge in [0.2, 0.25) is 5.91 Å². The Balaban J connectivity index is 1.77. The molecule has 33 heavy (non-hydrogen) atoms. The van der Waals surface area contributed by atoms with Crippen molar-refractivity contribution >= 4 is 17.5 Å². The number of amides is 2. The molecular formula is C24H28FN5O3. The number of benzene rings is 1. The quantitative estimate of drug-likeness (QED) is 0.656. The standard InChI is InChI=1S/C24H28FN5O3/c1-14(2)17-11-19(16-6-7-18(25)15(3)10-16)27-30-12-20(26-21(17)30)22(32)29-9-8-28(13-31)23(33)24(29,4)5/h6-7,10-12,14,31H,8-9,13H2,1-5H3. The minimum Gasteiger partial charge on any atom is -0.376 e. The molecule has 174 valence electrons. The molecule has 1 aromatic carbocycles. The van der Waals surface area contributed by atoms with E-state index in [4.69, 9.17) is 0 Å². The SMILES string of the molecule is Cc1cc(-c2cc(C(C)C)c3nc(C(=O)N4CCN(CO)C(=O)C4(C)C)cn3n2)ccc1F. The van der Waals surface area contributed by atoms with Crippen molar-refractivity contribution < 1.29 is 19.1 Å². The van der Waals surface area contributed by atoms with Crippen LogP contribution in [0.15, 0.2) is 30.5 Å². The average molecular weight is 454 g/mol. The molecule has 0 unspecified atom stereocenters. The highest BCUT2D eigenvalue weighted by Crippen LogP contribution is 2.28. The van der Waals surface area contributed by atoms with Gasteiger partial charge in [-0.2, -0.15) is 5.10 Å². The number of carbonyl (C=O) groups is 2. The van der Waals surface area contributed by atoms with Gasteiger partial charge in [0, 0.05) is 24.2 Å². The molecule has 4 rings (SSSR count). The number of aromatic nitrogens is 3. The van der Waals surface area contributed by atoms with E-state index < -0.39 is 5.54 Å². The van der Waals surface area contributed by atoms with Crippen molar-refractivity contribution in [3.63, 3.8) is 0 Å². The number of aryl methyl sites for hydroxylation is 1. The van der Waals surface area contributed by atoms with Crippen molar-refractivity contribution in [1.29, 1.82) is 0 Å². The van der Waals surface area contributed by atoms with Crippen LogP contribution in [-0.2, 0) is 4.79 Å². The number of rotatable bonds is 4. The van der Waals surface area contributed by atoms with Crippen molar-refractivity contribution in [2.75, 3.05) is 19.8 Å². The van der Waals surface area contributed by atoms with Gasteiger partial charge >= 0.3 is 0 Å². The number of nitrogens with zero attached hydrogens (tertiary/aromatic N) is 5. The normalized spacial score (nSPS) is 16.2. The monoisotopic (exact) mass is 453 g/mol. The Morgan fingerprint density at radius 2 is 1.97 bits per heavy atom. The summed E-state index contributed by atoms with van der Waals surface area (Å²) in [5, 5.41) is 14.1. The molecule has 0 spiro atoms. The maximum atomic E-state index is 13.8. The predicted molar refractivity (Wildman–Crippen MR) is 121 cm³/mol. The summed E-state index contributed by atoms with van der Waals surface area (Å²) in [5.41, 5.74) is 2.49. The van der Waals surface area contributed by atoms with Gasteiger partial charge in [0.25, 0.3) is 5.91 Å². The Bertz CT molecular complexity index is 1250. The van der Waals surface area contributed by atoms with Crippen LogP contribution < -0.4 is 0 Å². The lowest BCUT2D eigenvalue weighted by atomic mass is 9.97. The Hall–Kier alpha value is -3.33. The molecule has 1 aliphatic heterocycles. The van der Waals surface area contributed by atoms with Crippen LogP contribution in [0.3, 0.4) is 0 Å². The summed E-state index contributed by atoms with van der Waals surface area (Å²) in [6, 6.07) is 6.75. The van der Waals surface area contributed by atoms with Crippen LogP contribution >= 0.6 is 0 Å². The maximum Gasteiger partial charge on any atom is 0.275 e. The van der Waals surface area contributed by atoms with Crippen LogP contribution in [0.25, 0.3) is 16.9 Å². The van der Waals surface area contributed by atoms with Crippen LogP contribution in [0.5, 0.6) is 0 Å². The van der Waals surface area contributed by atoms with Crippen LogP contribution in [0, 0.1) is 12.7 Å². The van der Waals surface area contributed by atoms with E-state index in [2.05, 4.69) is 10.1 Å². The van der Waals surface area contributed by atoms with E-state index in [1.165, 1.54) is 15.9 Å². The van der Waals surface area contributed by atoms with Crippen molar-refractivity contribution in [1.82, 2.24) is 24.4 Å². The maximum absolute atomic E-state index is 13.8. The predicted octanol–water partition coefficient (Wildman–Crippen LogP) is 2.98. The zero-order valence-corrected chi connectivity index (χ0v) is 19.5. The number of halogens is 1. The van der Waals surface area contributed by atoms with Gasteiger partial charge in [0.15, 0.2) is 5.65 Å². The highest BCUT2D eigenvalue weighted by atomic mass is 19.1. The summed E-state index contributed by atoms with van der Waals surface area (Å²) in [6.45, 7) is 9.25. The second-order valence-electron chi connectivity index (χ2n) is 9.22. The first-order valence-corrected chi connectivity index (χ1v) is 10.9. The smallest absolute Gasteiger partial charge is 0.275 e. The molecule has 3 aromatic rings. The zero-order valence-electron chi connectivity index (χ0n) is 19.5. The van der Waals surface area contributed by atoms with Gasteiger partial charge in [0.1, 0.15) is 23.8 Å². The minimum absolute atomic E-state index is 0.104. The van der Waals surface area contributed by atoms with Gasteiger partial charge in [-0.25, -0.2) is 13.9 Å². The first-order valence-electron chi connectivity index (χ1n) is 10.9. The van der Waals surface area contributed by atoms with E-state index >= 15 is 0 Å². The zero-order chi connectivity index (χ0) is 24.1. The van der Waals surface area contributed by atoms with Crippen molar-refractivity contribution in [3.05, 3.63) is 53.1 Å². The van der Waals surface area contributed by atoms with Gasteiger partial charge in [-0.15, -0.1) is 0 Å². The number of piperazine rings is 1.